The van der Waals surface area contributed by atoms with Crippen LogP contribution in [0, 0.1) is 0 Å². The number of aromatic nitrogens is 4. The summed E-state index contributed by atoms with van der Waals surface area (Å²) in [7, 11) is 0. The molecule has 0 aliphatic carbocycles. The van der Waals surface area contributed by atoms with Gasteiger partial charge in [0.2, 0.25) is 0 Å². The van der Waals surface area contributed by atoms with Gasteiger partial charge in [-0.25, -0.2) is 15.0 Å². The number of alkyl halides is 1. The molecule has 0 saturated carbocycles. The Labute approximate surface area is 130 Å². The molecule has 6 heteroatoms. The molecule has 0 fully saturated rings. The van der Waals surface area contributed by atoms with Crippen molar-refractivity contribution in [3.63, 3.8) is 0 Å². The molecule has 0 saturated heterocycles. The molecule has 4 nitrogen and oxygen atoms in total. The summed E-state index contributed by atoms with van der Waals surface area (Å²) in [6.07, 6.45) is 2.49. The first-order chi connectivity index (χ1) is 10.4. The maximum absolute atomic E-state index is 5.92. The number of hydrogen-bond donors (Lipinski definition) is 0. The van der Waals surface area contributed by atoms with E-state index >= 15 is 0 Å². The van der Waals surface area contributed by atoms with Gasteiger partial charge >= 0.3 is 0 Å². The number of fused-ring (bicyclic) bond motifs is 2. The number of benzene rings is 1. The van der Waals surface area contributed by atoms with Crippen molar-refractivity contribution in [1.82, 2.24) is 19.5 Å². The fourth-order valence-corrected chi connectivity index (χ4v) is 3.34. The molecule has 0 radical (unpaired) electrons. The first-order valence-corrected chi connectivity index (χ1v) is 8.00. The van der Waals surface area contributed by atoms with E-state index < -0.39 is 0 Å². The molecule has 4 aromatic rings. The highest BCUT2D eigenvalue weighted by Gasteiger charge is 2.13. The molecular weight excluding hydrogens is 304 g/mol. The van der Waals surface area contributed by atoms with Gasteiger partial charge in [0.25, 0.3) is 0 Å². The average molecular weight is 315 g/mol. The van der Waals surface area contributed by atoms with Crippen molar-refractivity contribution >= 4 is 44.3 Å². The second-order valence-electron chi connectivity index (χ2n) is 4.65. The van der Waals surface area contributed by atoms with E-state index in [0.717, 1.165) is 32.9 Å². The van der Waals surface area contributed by atoms with Gasteiger partial charge in [0, 0.05) is 18.5 Å². The van der Waals surface area contributed by atoms with Crippen LogP contribution in [0.15, 0.2) is 42.0 Å². The molecule has 0 aliphatic heterocycles. The first kappa shape index (κ1) is 12.7. The number of rotatable bonds is 3. The normalized spacial score (nSPS) is 11.5. The summed E-state index contributed by atoms with van der Waals surface area (Å²) >= 11 is 7.55. The lowest BCUT2D eigenvalue weighted by Crippen LogP contribution is -2.02. The van der Waals surface area contributed by atoms with Crippen molar-refractivity contribution in [1.29, 1.82) is 0 Å². The van der Waals surface area contributed by atoms with Crippen molar-refractivity contribution in [3.05, 3.63) is 47.9 Å². The summed E-state index contributed by atoms with van der Waals surface area (Å²) < 4.78 is 3.23. The highest BCUT2D eigenvalue weighted by Crippen LogP contribution is 2.25. The minimum Gasteiger partial charge on any atom is -0.281 e. The first-order valence-electron chi connectivity index (χ1n) is 6.59. The predicted octanol–water partition coefficient (Wildman–Crippen LogP) is 3.81. The Morgan fingerprint density at radius 3 is 3.00 bits per heavy atom. The number of pyridine rings is 1. The van der Waals surface area contributed by atoms with E-state index in [0.29, 0.717) is 12.3 Å². The summed E-state index contributed by atoms with van der Waals surface area (Å²) in [6, 6.07) is 10.1. The van der Waals surface area contributed by atoms with Crippen molar-refractivity contribution in [2.24, 2.45) is 0 Å². The molecule has 0 bridgehead atoms. The third-order valence-corrected chi connectivity index (χ3v) is 4.36. The minimum absolute atomic E-state index is 0.534. The number of aryl methyl sites for hydroxylation is 1. The molecule has 0 spiro atoms. The maximum atomic E-state index is 5.92. The molecule has 0 amide bonds. The Kier molecular flexibility index (Phi) is 3.09. The molecule has 1 aromatic carbocycles. The van der Waals surface area contributed by atoms with Crippen LogP contribution in [0.4, 0.5) is 0 Å². The Hall–Kier alpha value is -1.98. The summed E-state index contributed by atoms with van der Waals surface area (Å²) in [5, 5.41) is 0. The molecule has 0 N–H and O–H groups in total. The van der Waals surface area contributed by atoms with Crippen LogP contribution in [0.1, 0.15) is 5.82 Å². The van der Waals surface area contributed by atoms with Crippen LogP contribution in [0.5, 0.6) is 0 Å². The summed E-state index contributed by atoms with van der Waals surface area (Å²) in [4.78, 5) is 13.4. The minimum atomic E-state index is 0.534. The quantitative estimate of drug-likeness (QED) is 0.540. The van der Waals surface area contributed by atoms with E-state index in [1.165, 1.54) is 0 Å². The largest absolute Gasteiger partial charge is 0.281 e. The van der Waals surface area contributed by atoms with Crippen molar-refractivity contribution in [2.45, 2.75) is 6.42 Å². The predicted molar refractivity (Wildman–Crippen MR) is 86.5 cm³/mol. The summed E-state index contributed by atoms with van der Waals surface area (Å²) in [6.45, 7) is 0. The average Bonchev–Trinajstić information content (AvgIpc) is 3.10. The van der Waals surface area contributed by atoms with Crippen LogP contribution in [-0.4, -0.2) is 25.4 Å². The van der Waals surface area contributed by atoms with Gasteiger partial charge in [-0.1, -0.05) is 0 Å². The molecule has 21 heavy (non-hydrogen) atoms. The lowest BCUT2D eigenvalue weighted by atomic mass is 10.3. The van der Waals surface area contributed by atoms with E-state index in [1.807, 2.05) is 23.7 Å². The van der Waals surface area contributed by atoms with Gasteiger partial charge in [0.15, 0.2) is 5.65 Å². The van der Waals surface area contributed by atoms with Gasteiger partial charge in [-0.3, -0.25) is 4.57 Å². The van der Waals surface area contributed by atoms with E-state index in [2.05, 4.69) is 31.7 Å². The summed E-state index contributed by atoms with van der Waals surface area (Å²) in [5.74, 6) is 1.47. The van der Waals surface area contributed by atoms with Gasteiger partial charge in [-0.15, -0.1) is 22.9 Å². The lowest BCUT2D eigenvalue weighted by Gasteiger charge is -2.07. The van der Waals surface area contributed by atoms with Gasteiger partial charge in [-0.05, 0) is 30.3 Å². The highest BCUT2D eigenvalue weighted by molar-refractivity contribution is 7.16. The van der Waals surface area contributed by atoms with Crippen molar-refractivity contribution < 1.29 is 0 Å². The van der Waals surface area contributed by atoms with E-state index in [1.54, 1.807) is 17.5 Å². The van der Waals surface area contributed by atoms with Gasteiger partial charge < -0.3 is 0 Å². The second kappa shape index (κ2) is 5.09. The molecule has 3 aromatic heterocycles. The fraction of sp³-hybridized carbons (Fsp3) is 0.133. The Bertz CT molecular complexity index is 928. The van der Waals surface area contributed by atoms with E-state index in [9.17, 15) is 0 Å². The smallest absolute Gasteiger partial charge is 0.164 e. The monoisotopic (exact) mass is 314 g/mol. The molecule has 0 atom stereocenters. The van der Waals surface area contributed by atoms with Crippen LogP contribution < -0.4 is 0 Å². The molecule has 104 valence electrons. The molecule has 4 rings (SSSR count). The molecule has 0 aliphatic rings. The number of thiazole rings is 1. The standard InChI is InChI=1S/C15H11ClN4S/c16-6-5-14-19-12-2-1-7-17-15(12)20(14)10-3-4-11-13(8-10)21-9-18-11/h1-4,7-9H,5-6H2. The zero-order valence-corrected chi connectivity index (χ0v) is 12.6. The fourth-order valence-electron chi connectivity index (χ4n) is 2.47. The zero-order chi connectivity index (χ0) is 14.2. The third-order valence-electron chi connectivity index (χ3n) is 3.38. The SMILES string of the molecule is ClCCc1nc2cccnc2n1-c1ccc2ncsc2c1. The highest BCUT2D eigenvalue weighted by atomic mass is 35.5. The van der Waals surface area contributed by atoms with Gasteiger partial charge in [0.1, 0.15) is 11.3 Å². The lowest BCUT2D eigenvalue weighted by molar-refractivity contribution is 0.906. The summed E-state index contributed by atoms with van der Waals surface area (Å²) in [5.41, 5.74) is 5.68. The van der Waals surface area contributed by atoms with Crippen LogP contribution in [-0.2, 0) is 6.42 Å². The van der Waals surface area contributed by atoms with Crippen LogP contribution in [0.2, 0.25) is 0 Å². The van der Waals surface area contributed by atoms with Gasteiger partial charge in [0.05, 0.1) is 21.4 Å². The molecular formula is C15H11ClN4S. The Balaban J connectivity index is 2.00. The Morgan fingerprint density at radius 1 is 1.14 bits per heavy atom. The van der Waals surface area contributed by atoms with Crippen LogP contribution in [0.25, 0.3) is 27.1 Å². The van der Waals surface area contributed by atoms with Crippen LogP contribution in [0.3, 0.4) is 0 Å². The zero-order valence-electron chi connectivity index (χ0n) is 11.0. The number of halogens is 1. The van der Waals surface area contributed by atoms with Crippen molar-refractivity contribution in [2.75, 3.05) is 5.88 Å². The number of nitrogens with zero attached hydrogens (tertiary/aromatic N) is 4. The number of imidazole rings is 1. The number of hydrogen-bond acceptors (Lipinski definition) is 4. The maximum Gasteiger partial charge on any atom is 0.164 e. The molecule has 3 heterocycles. The third kappa shape index (κ3) is 2.09. The van der Waals surface area contributed by atoms with Crippen molar-refractivity contribution in [3.8, 4) is 5.69 Å². The second-order valence-corrected chi connectivity index (χ2v) is 5.92. The van der Waals surface area contributed by atoms with E-state index in [-0.39, 0.29) is 0 Å². The van der Waals surface area contributed by atoms with Gasteiger partial charge in [-0.2, -0.15) is 0 Å². The van der Waals surface area contributed by atoms with E-state index in [4.69, 9.17) is 11.6 Å². The molecule has 0 unspecified atom stereocenters. The van der Waals surface area contributed by atoms with Crippen LogP contribution >= 0.6 is 22.9 Å². The Morgan fingerprint density at radius 2 is 2.10 bits per heavy atom. The topological polar surface area (TPSA) is 43.6 Å².